The van der Waals surface area contributed by atoms with Crippen LogP contribution in [0.3, 0.4) is 0 Å². The maximum Gasteiger partial charge on any atom is 0.126 e. The molecule has 0 fully saturated rings. The fourth-order valence-corrected chi connectivity index (χ4v) is 10.1. The van der Waals surface area contributed by atoms with E-state index < -0.39 is 0 Å². The molecule has 6 nitrogen and oxygen atoms in total. The van der Waals surface area contributed by atoms with E-state index in [1.807, 2.05) is 12.2 Å². The first-order valence-corrected chi connectivity index (χ1v) is 22.4. The highest BCUT2D eigenvalue weighted by Crippen LogP contribution is 2.42. The van der Waals surface area contributed by atoms with Crippen molar-refractivity contribution in [2.75, 3.05) is 13.2 Å². The van der Waals surface area contributed by atoms with Crippen LogP contribution in [0.4, 0.5) is 0 Å². The van der Waals surface area contributed by atoms with Crippen LogP contribution < -0.4 is 28.4 Å². The summed E-state index contributed by atoms with van der Waals surface area (Å²) in [4.78, 5) is 0. The molecule has 0 unspecified atom stereocenters. The van der Waals surface area contributed by atoms with Crippen LogP contribution in [-0.4, -0.2) is 13.2 Å². The Labute approximate surface area is 375 Å². The Morgan fingerprint density at radius 2 is 0.547 bits per heavy atom. The predicted molar refractivity (Wildman–Crippen MR) is 251 cm³/mol. The lowest BCUT2D eigenvalue weighted by molar-refractivity contribution is 0.274. The normalized spacial score (nSPS) is 14.4. The summed E-state index contributed by atoms with van der Waals surface area (Å²) in [5.41, 5.74) is 17.3. The number of para-hydroxylation sites is 6. The highest BCUT2D eigenvalue weighted by atomic mass is 16.5. The van der Waals surface area contributed by atoms with E-state index in [4.69, 9.17) is 28.4 Å². The molecule has 0 aromatic heterocycles. The van der Waals surface area contributed by atoms with E-state index in [0.717, 1.165) is 124 Å². The van der Waals surface area contributed by atoms with Crippen LogP contribution in [0, 0.1) is 0 Å². The quantitative estimate of drug-likeness (QED) is 0.155. The van der Waals surface area contributed by atoms with Gasteiger partial charge in [-0.15, -0.1) is 0 Å². The van der Waals surface area contributed by atoms with Crippen molar-refractivity contribution in [2.24, 2.45) is 0 Å². The molecular formula is C58H50O6. The minimum atomic E-state index is 0.353. The van der Waals surface area contributed by atoms with Crippen LogP contribution in [0.5, 0.6) is 34.5 Å². The molecule has 318 valence electrons. The smallest absolute Gasteiger partial charge is 0.126 e. The lowest BCUT2D eigenvalue weighted by atomic mass is 9.91. The summed E-state index contributed by atoms with van der Waals surface area (Å²) < 4.78 is 41.8. The summed E-state index contributed by atoms with van der Waals surface area (Å²) in [5, 5.41) is 0. The Kier molecular flexibility index (Phi) is 10.6. The van der Waals surface area contributed by atoms with Gasteiger partial charge in [0.25, 0.3) is 0 Å². The predicted octanol–water partition coefficient (Wildman–Crippen LogP) is 11.9. The molecule has 0 saturated carbocycles. The lowest BCUT2D eigenvalue weighted by Gasteiger charge is -2.22. The topological polar surface area (TPSA) is 55.4 Å². The molecule has 0 saturated heterocycles. The van der Waals surface area contributed by atoms with Gasteiger partial charge >= 0.3 is 0 Å². The van der Waals surface area contributed by atoms with Crippen LogP contribution in [0.25, 0.3) is 0 Å². The number of hydrogen-bond donors (Lipinski definition) is 0. The molecule has 0 atom stereocenters. The van der Waals surface area contributed by atoms with Gasteiger partial charge in [-0.2, -0.15) is 0 Å². The summed E-state index contributed by atoms with van der Waals surface area (Å²) in [7, 11) is 0. The zero-order valence-electron chi connectivity index (χ0n) is 36.1. The third-order valence-electron chi connectivity index (χ3n) is 13.1. The minimum absolute atomic E-state index is 0.353. The van der Waals surface area contributed by atoms with E-state index in [1.54, 1.807) is 0 Å². The number of ether oxygens (including phenoxy) is 6. The Hall–Kier alpha value is -7.18. The molecule has 11 rings (SSSR count). The maximum absolute atomic E-state index is 7.13. The highest BCUT2D eigenvalue weighted by molar-refractivity contribution is 5.58. The number of fused-ring (bicyclic) bond motifs is 8. The van der Waals surface area contributed by atoms with Crippen LogP contribution in [0.2, 0.25) is 0 Å². The van der Waals surface area contributed by atoms with Crippen molar-refractivity contribution < 1.29 is 28.4 Å². The second-order valence-corrected chi connectivity index (χ2v) is 17.2. The second-order valence-electron chi connectivity index (χ2n) is 17.2. The zero-order valence-corrected chi connectivity index (χ0v) is 36.1. The van der Waals surface area contributed by atoms with Crippen molar-refractivity contribution in [1.82, 2.24) is 0 Å². The SMILES string of the molecule is C=CCOc1c2cccc1Cc1cccc3c1OCc1cc4c5cc1COc1c(cccc1C3)Cc1cccc(c1OCC=C)Cc1cccc(c1OC5)Cc1cccc(c1OC4)C2. The van der Waals surface area contributed by atoms with Crippen LogP contribution in [0.15, 0.2) is 147 Å². The highest BCUT2D eigenvalue weighted by Gasteiger charge is 2.26. The average molecular weight is 843 g/mol. The molecule has 0 spiro atoms. The molecule has 0 amide bonds. The van der Waals surface area contributed by atoms with E-state index in [9.17, 15) is 0 Å². The van der Waals surface area contributed by atoms with Gasteiger partial charge in [0.1, 0.15) is 74.1 Å². The van der Waals surface area contributed by atoms with Crippen LogP contribution in [-0.2, 0) is 65.0 Å². The van der Waals surface area contributed by atoms with Gasteiger partial charge in [-0.25, -0.2) is 0 Å². The molecule has 7 aromatic carbocycles. The van der Waals surface area contributed by atoms with E-state index in [1.165, 1.54) is 0 Å². The first-order chi connectivity index (χ1) is 31.6. The summed E-state index contributed by atoms with van der Waals surface area (Å²) in [5.74, 6) is 5.27. The minimum Gasteiger partial charge on any atom is -0.489 e. The van der Waals surface area contributed by atoms with E-state index in [2.05, 4.69) is 134 Å². The second kappa shape index (κ2) is 17.2. The van der Waals surface area contributed by atoms with Gasteiger partial charge in [0.05, 0.1) is 0 Å². The van der Waals surface area contributed by atoms with Crippen molar-refractivity contribution in [1.29, 1.82) is 0 Å². The van der Waals surface area contributed by atoms with Crippen molar-refractivity contribution in [2.45, 2.75) is 65.0 Å². The zero-order chi connectivity index (χ0) is 43.0. The Morgan fingerprint density at radius 1 is 0.328 bits per heavy atom. The summed E-state index contributed by atoms with van der Waals surface area (Å²) in [6, 6.07) is 43.7. The lowest BCUT2D eigenvalue weighted by Crippen LogP contribution is -2.12. The van der Waals surface area contributed by atoms with Gasteiger partial charge in [-0.05, 0) is 101 Å². The molecule has 64 heavy (non-hydrogen) atoms. The number of benzene rings is 7. The maximum atomic E-state index is 7.13. The molecule has 4 heterocycles. The van der Waals surface area contributed by atoms with Gasteiger partial charge in [-0.3, -0.25) is 0 Å². The van der Waals surface area contributed by atoms with Gasteiger partial charge in [0, 0.05) is 38.5 Å². The van der Waals surface area contributed by atoms with Gasteiger partial charge in [0.15, 0.2) is 0 Å². The molecular weight excluding hydrogens is 793 g/mol. The third-order valence-corrected chi connectivity index (χ3v) is 13.1. The largest absolute Gasteiger partial charge is 0.489 e. The fraction of sp³-hybridized carbons (Fsp3) is 0.207. The van der Waals surface area contributed by atoms with Crippen LogP contribution in [0.1, 0.15) is 89.0 Å². The molecule has 4 aliphatic heterocycles. The van der Waals surface area contributed by atoms with Gasteiger partial charge in [-0.1, -0.05) is 135 Å². The molecule has 6 heteroatoms. The summed E-state index contributed by atoms with van der Waals surface area (Å²) in [6.45, 7) is 10.2. The molecule has 12 bridgehead atoms. The Morgan fingerprint density at radius 3 is 0.781 bits per heavy atom. The Bertz CT molecular complexity index is 2590. The average Bonchev–Trinajstić information content (AvgIpc) is 3.35. The standard InChI is InChI=1S/C58H50O6/c1-3-23-59-53-37-11-5-12-38(53)26-42-16-8-20-46-30-48-22-10-18-44-28-40-14-6-13-39(54(40)60-24-4-2)27-43-17-9-21-47-29-45-19-7-15-41(25-37)55(45)61-33-49-31-50(34-62-56(42)46)52(36-64-58(44)48)32-51(49)35-63-57(43)47/h3-22,31-32H,1-2,23-30,33-36H2. The van der Waals surface area contributed by atoms with Crippen molar-refractivity contribution in [3.05, 3.63) is 236 Å². The first-order valence-electron chi connectivity index (χ1n) is 22.4. The number of hydrogen-bond acceptors (Lipinski definition) is 6. The molecule has 0 radical (unpaired) electrons. The monoisotopic (exact) mass is 842 g/mol. The molecule has 0 aliphatic carbocycles. The molecule has 4 aliphatic rings. The summed E-state index contributed by atoms with van der Waals surface area (Å²) in [6.07, 6.45) is 7.35. The molecule has 7 aromatic rings. The fourth-order valence-electron chi connectivity index (χ4n) is 10.1. The van der Waals surface area contributed by atoms with E-state index >= 15 is 0 Å². The van der Waals surface area contributed by atoms with E-state index in [-0.39, 0.29) is 0 Å². The molecule has 0 N–H and O–H groups in total. The van der Waals surface area contributed by atoms with Gasteiger partial charge in [0.2, 0.25) is 0 Å². The van der Waals surface area contributed by atoms with E-state index in [0.29, 0.717) is 78.2 Å². The Balaban J connectivity index is 1.22. The van der Waals surface area contributed by atoms with Crippen molar-refractivity contribution >= 4 is 0 Å². The van der Waals surface area contributed by atoms with Gasteiger partial charge < -0.3 is 28.4 Å². The van der Waals surface area contributed by atoms with Crippen molar-refractivity contribution in [3.63, 3.8) is 0 Å². The first kappa shape index (κ1) is 39.7. The number of rotatable bonds is 6. The van der Waals surface area contributed by atoms with Crippen molar-refractivity contribution in [3.8, 4) is 34.5 Å². The third kappa shape index (κ3) is 7.57. The van der Waals surface area contributed by atoms with Crippen LogP contribution >= 0.6 is 0 Å². The summed E-state index contributed by atoms with van der Waals surface area (Å²) >= 11 is 0.